The summed E-state index contributed by atoms with van der Waals surface area (Å²) >= 11 is -0.794. The summed E-state index contributed by atoms with van der Waals surface area (Å²) in [5.74, 6) is 0.932. The van der Waals surface area contributed by atoms with Gasteiger partial charge in [0, 0.05) is 0 Å². The zero-order valence-corrected chi connectivity index (χ0v) is 10.6. The first-order valence-electron chi connectivity index (χ1n) is 4.45. The molecular formula is C9H20INO. The Bertz CT molecular complexity index is 139. The normalized spacial score (nSPS) is 39.8. The molecular weight excluding hydrogens is 265 g/mol. The number of aliphatic hydroxyl groups excluding tert-OH is 1. The van der Waals surface area contributed by atoms with Crippen LogP contribution in [-0.4, -0.2) is 37.3 Å². The van der Waals surface area contributed by atoms with Crippen LogP contribution in [-0.2, 0) is 0 Å². The van der Waals surface area contributed by atoms with E-state index < -0.39 is 20.1 Å². The van der Waals surface area contributed by atoms with E-state index in [1.54, 1.807) is 0 Å². The average Bonchev–Trinajstić information content (AvgIpc) is 1.99. The summed E-state index contributed by atoms with van der Waals surface area (Å²) < 4.78 is 2.60. The number of aliphatic hydroxyl groups is 1. The summed E-state index contributed by atoms with van der Waals surface area (Å²) in [4.78, 5) is 4.75. The number of hydrogen-bond donors (Lipinski definition) is 1. The summed E-state index contributed by atoms with van der Waals surface area (Å²) in [6.45, 7) is 6.55. The molecule has 3 heteroatoms. The second-order valence-corrected chi connectivity index (χ2v) is 9.44. The topological polar surface area (TPSA) is 23.5 Å². The molecule has 0 radical (unpaired) electrons. The van der Waals surface area contributed by atoms with E-state index in [1.807, 2.05) is 0 Å². The van der Waals surface area contributed by atoms with Crippen LogP contribution in [0.5, 0.6) is 0 Å². The molecule has 0 spiro atoms. The molecule has 1 aliphatic heterocycles. The third-order valence-corrected chi connectivity index (χ3v) is 6.13. The van der Waals surface area contributed by atoms with Gasteiger partial charge in [0.15, 0.2) is 0 Å². The van der Waals surface area contributed by atoms with Crippen molar-refractivity contribution in [3.8, 4) is 0 Å². The zero-order valence-electron chi connectivity index (χ0n) is 8.42. The second kappa shape index (κ2) is 4.24. The van der Waals surface area contributed by atoms with Gasteiger partial charge in [-0.15, -0.1) is 0 Å². The van der Waals surface area contributed by atoms with Gasteiger partial charge < -0.3 is 0 Å². The molecule has 1 saturated heterocycles. The summed E-state index contributed by atoms with van der Waals surface area (Å²) in [6.07, 6.45) is -0.0722. The molecule has 0 amide bonds. The molecule has 1 aliphatic rings. The molecule has 1 fully saturated rings. The van der Waals surface area contributed by atoms with Gasteiger partial charge in [-0.3, -0.25) is 0 Å². The fourth-order valence-corrected chi connectivity index (χ4v) is 4.57. The molecule has 74 valence electrons. The van der Waals surface area contributed by atoms with Gasteiger partial charge in [-0.25, -0.2) is 0 Å². The molecule has 1 unspecified atom stereocenters. The Labute approximate surface area is 83.1 Å². The van der Waals surface area contributed by atoms with Gasteiger partial charge in [0.1, 0.15) is 0 Å². The molecule has 1 rings (SSSR count). The van der Waals surface area contributed by atoms with E-state index in [4.69, 9.17) is 0 Å². The van der Waals surface area contributed by atoms with Crippen molar-refractivity contribution < 1.29 is 5.11 Å². The Morgan fingerprint density at radius 1 is 1.17 bits per heavy atom. The Morgan fingerprint density at radius 3 is 1.92 bits per heavy atom. The van der Waals surface area contributed by atoms with Gasteiger partial charge >= 0.3 is 83.1 Å². The van der Waals surface area contributed by atoms with E-state index >= 15 is 0 Å². The molecule has 0 saturated carbocycles. The molecule has 2 nitrogen and oxygen atoms in total. The van der Waals surface area contributed by atoms with Gasteiger partial charge in [0.2, 0.25) is 0 Å². The number of alkyl halides is 2. The van der Waals surface area contributed by atoms with E-state index in [0.717, 1.165) is 13.1 Å². The van der Waals surface area contributed by atoms with E-state index in [-0.39, 0.29) is 6.10 Å². The standard InChI is InChI=1S/C9H20INO/c1-7-5-11(10(3)4)6-8(2)9(7)12/h7-9,12H,5-6H2,1-4H3/t7-,8+,9?. The number of hydrogen-bond acceptors (Lipinski definition) is 2. The van der Waals surface area contributed by atoms with Gasteiger partial charge in [0.05, 0.1) is 0 Å². The SMILES string of the molecule is C[C@@H]1CN(I(C)C)C[C@H](C)C1O. The molecule has 1 N–H and O–H groups in total. The number of piperidine rings is 1. The fourth-order valence-electron chi connectivity index (χ4n) is 1.75. The Kier molecular flexibility index (Phi) is 3.79. The first-order valence-corrected chi connectivity index (χ1v) is 9.73. The number of halogens is 1. The van der Waals surface area contributed by atoms with Crippen LogP contribution in [0.25, 0.3) is 0 Å². The molecule has 1 heterocycles. The molecule has 0 aromatic heterocycles. The molecule has 3 atom stereocenters. The van der Waals surface area contributed by atoms with Crippen LogP contribution >= 0.6 is 20.1 Å². The van der Waals surface area contributed by atoms with Crippen molar-refractivity contribution in [2.24, 2.45) is 11.8 Å². The van der Waals surface area contributed by atoms with Gasteiger partial charge in [-0.05, 0) is 0 Å². The molecule has 0 aromatic carbocycles. The first kappa shape index (κ1) is 10.7. The van der Waals surface area contributed by atoms with E-state index in [2.05, 4.69) is 26.8 Å². The van der Waals surface area contributed by atoms with Gasteiger partial charge in [-0.2, -0.15) is 0 Å². The van der Waals surface area contributed by atoms with E-state index in [9.17, 15) is 5.11 Å². The molecule has 0 bridgehead atoms. The second-order valence-electron chi connectivity index (χ2n) is 3.99. The Hall–Kier alpha value is 0.650. The maximum atomic E-state index is 9.74. The van der Waals surface area contributed by atoms with Crippen molar-refractivity contribution in [2.75, 3.05) is 23.0 Å². The average molecular weight is 285 g/mol. The summed E-state index contributed by atoms with van der Waals surface area (Å²) in [5.41, 5.74) is 0. The minimum absolute atomic E-state index is 0.0722. The van der Waals surface area contributed by atoms with Crippen molar-refractivity contribution in [1.82, 2.24) is 3.11 Å². The Morgan fingerprint density at radius 2 is 1.58 bits per heavy atom. The van der Waals surface area contributed by atoms with Crippen LogP contribution in [0.4, 0.5) is 0 Å². The number of rotatable bonds is 1. The Balaban J connectivity index is 2.53. The van der Waals surface area contributed by atoms with Crippen LogP contribution in [0, 0.1) is 11.8 Å². The summed E-state index contributed by atoms with van der Waals surface area (Å²) in [6, 6.07) is 0. The third kappa shape index (κ3) is 2.33. The molecule has 0 aromatic rings. The predicted molar refractivity (Wildman–Crippen MR) is 61.8 cm³/mol. The zero-order chi connectivity index (χ0) is 9.30. The minimum atomic E-state index is -0.794. The molecule has 0 aliphatic carbocycles. The fraction of sp³-hybridized carbons (Fsp3) is 1.00. The van der Waals surface area contributed by atoms with Crippen LogP contribution in [0.2, 0.25) is 0 Å². The quantitative estimate of drug-likeness (QED) is 0.449. The molecule has 12 heavy (non-hydrogen) atoms. The van der Waals surface area contributed by atoms with Crippen molar-refractivity contribution in [3.63, 3.8) is 0 Å². The predicted octanol–water partition coefficient (Wildman–Crippen LogP) is 1.62. The summed E-state index contributed by atoms with van der Waals surface area (Å²) in [5, 5.41) is 9.74. The van der Waals surface area contributed by atoms with E-state index in [0.29, 0.717) is 11.8 Å². The number of nitrogens with zero attached hydrogens (tertiary/aromatic N) is 1. The van der Waals surface area contributed by atoms with Crippen LogP contribution in [0.15, 0.2) is 0 Å². The van der Waals surface area contributed by atoms with Crippen molar-refractivity contribution in [3.05, 3.63) is 0 Å². The van der Waals surface area contributed by atoms with E-state index in [1.165, 1.54) is 0 Å². The van der Waals surface area contributed by atoms with Gasteiger partial charge in [0.25, 0.3) is 0 Å². The van der Waals surface area contributed by atoms with Crippen LogP contribution < -0.4 is 0 Å². The van der Waals surface area contributed by atoms with Crippen molar-refractivity contribution in [2.45, 2.75) is 20.0 Å². The maximum absolute atomic E-state index is 9.74. The van der Waals surface area contributed by atoms with Crippen molar-refractivity contribution >= 4 is 20.1 Å². The monoisotopic (exact) mass is 285 g/mol. The van der Waals surface area contributed by atoms with Crippen LogP contribution in [0.1, 0.15) is 13.8 Å². The van der Waals surface area contributed by atoms with Crippen molar-refractivity contribution in [1.29, 1.82) is 0 Å². The summed E-state index contributed by atoms with van der Waals surface area (Å²) in [7, 11) is 0. The first-order chi connectivity index (χ1) is 5.52. The van der Waals surface area contributed by atoms with Crippen LogP contribution in [0.3, 0.4) is 0 Å². The van der Waals surface area contributed by atoms with Gasteiger partial charge in [-0.1, -0.05) is 0 Å². The third-order valence-electron chi connectivity index (χ3n) is 2.62.